The van der Waals surface area contributed by atoms with Crippen molar-refractivity contribution in [3.8, 4) is 0 Å². The molecule has 1 aromatic rings. The van der Waals surface area contributed by atoms with Crippen LogP contribution in [0.1, 0.15) is 39.7 Å². The highest BCUT2D eigenvalue weighted by Gasteiger charge is 2.31. The number of hydrogen-bond acceptors (Lipinski definition) is 1. The fourth-order valence-electron chi connectivity index (χ4n) is 3.05. The molecule has 0 aromatic heterocycles. The highest BCUT2D eigenvalue weighted by Crippen LogP contribution is 2.29. The van der Waals surface area contributed by atoms with Crippen molar-refractivity contribution in [3.05, 3.63) is 47.5 Å². The molecule has 1 aliphatic heterocycles. The zero-order valence-electron chi connectivity index (χ0n) is 11.4. The van der Waals surface area contributed by atoms with Gasteiger partial charge in [0.15, 0.2) is 0 Å². The Labute approximate surface area is 105 Å². The van der Waals surface area contributed by atoms with Gasteiger partial charge in [0.25, 0.3) is 0 Å². The first-order valence-corrected chi connectivity index (χ1v) is 6.40. The maximum Gasteiger partial charge on any atom is 0.0314 e. The second-order valence-electron chi connectivity index (χ2n) is 6.37. The summed E-state index contributed by atoms with van der Waals surface area (Å²) in [7, 11) is 0. The Morgan fingerprint density at radius 1 is 1.06 bits per heavy atom. The topological polar surface area (TPSA) is 12.0 Å². The van der Waals surface area contributed by atoms with Crippen LogP contribution >= 0.6 is 0 Å². The van der Waals surface area contributed by atoms with Crippen molar-refractivity contribution in [2.75, 3.05) is 0 Å². The van der Waals surface area contributed by atoms with Gasteiger partial charge in [-0.05, 0) is 46.1 Å². The molecule has 1 heteroatoms. The monoisotopic (exact) mass is 229 g/mol. The van der Waals surface area contributed by atoms with E-state index in [1.165, 1.54) is 5.56 Å². The molecule has 0 radical (unpaired) electrons. The Morgan fingerprint density at radius 2 is 1.71 bits per heavy atom. The zero-order chi connectivity index (χ0) is 12.5. The van der Waals surface area contributed by atoms with Gasteiger partial charge in [-0.3, -0.25) is 0 Å². The number of hydrogen-bond donors (Lipinski definition) is 1. The van der Waals surface area contributed by atoms with Crippen LogP contribution in [0.3, 0.4) is 0 Å². The van der Waals surface area contributed by atoms with E-state index in [0.29, 0.717) is 0 Å². The van der Waals surface area contributed by atoms with E-state index in [1.807, 2.05) is 0 Å². The standard InChI is InChI=1S/C16H23N/c1-15(2)11-14(12-16(3,4)17-15)10-13-8-6-5-7-9-13/h5-9,11,17H,10,12H2,1-4H3. The number of rotatable bonds is 2. The molecule has 1 aliphatic rings. The maximum atomic E-state index is 3.67. The molecule has 0 fully saturated rings. The summed E-state index contributed by atoms with van der Waals surface area (Å²) in [4.78, 5) is 0. The second-order valence-corrected chi connectivity index (χ2v) is 6.37. The van der Waals surface area contributed by atoms with Gasteiger partial charge in [0.2, 0.25) is 0 Å². The van der Waals surface area contributed by atoms with Crippen molar-refractivity contribution in [2.45, 2.75) is 51.6 Å². The van der Waals surface area contributed by atoms with Crippen LogP contribution in [0.4, 0.5) is 0 Å². The third-order valence-electron chi connectivity index (χ3n) is 3.17. The fourth-order valence-corrected chi connectivity index (χ4v) is 3.05. The summed E-state index contributed by atoms with van der Waals surface area (Å²) in [6, 6.07) is 10.7. The average molecular weight is 229 g/mol. The summed E-state index contributed by atoms with van der Waals surface area (Å²) in [5.74, 6) is 0. The Hall–Kier alpha value is -1.08. The van der Waals surface area contributed by atoms with Crippen molar-refractivity contribution in [1.29, 1.82) is 0 Å². The molecule has 1 N–H and O–H groups in total. The van der Waals surface area contributed by atoms with Gasteiger partial charge in [-0.15, -0.1) is 0 Å². The van der Waals surface area contributed by atoms with E-state index in [1.54, 1.807) is 5.57 Å². The van der Waals surface area contributed by atoms with Gasteiger partial charge in [0.05, 0.1) is 0 Å². The molecule has 1 aromatic carbocycles. The van der Waals surface area contributed by atoms with Crippen molar-refractivity contribution in [2.24, 2.45) is 0 Å². The second kappa shape index (κ2) is 4.30. The van der Waals surface area contributed by atoms with Crippen molar-refractivity contribution < 1.29 is 0 Å². The van der Waals surface area contributed by atoms with Crippen LogP contribution in [0.5, 0.6) is 0 Å². The molecule has 0 saturated carbocycles. The molecule has 2 rings (SSSR count). The lowest BCUT2D eigenvalue weighted by Crippen LogP contribution is -2.54. The quantitative estimate of drug-likeness (QED) is 0.762. The van der Waals surface area contributed by atoms with Crippen LogP contribution in [0, 0.1) is 0 Å². The minimum absolute atomic E-state index is 0.103. The van der Waals surface area contributed by atoms with Gasteiger partial charge in [-0.2, -0.15) is 0 Å². The van der Waals surface area contributed by atoms with Gasteiger partial charge >= 0.3 is 0 Å². The summed E-state index contributed by atoms with van der Waals surface area (Å²) in [5, 5.41) is 3.67. The van der Waals surface area contributed by atoms with Crippen molar-refractivity contribution in [1.82, 2.24) is 5.32 Å². The molecule has 17 heavy (non-hydrogen) atoms. The smallest absolute Gasteiger partial charge is 0.0314 e. The predicted octanol–water partition coefficient (Wildman–Crippen LogP) is 3.71. The van der Waals surface area contributed by atoms with Gasteiger partial charge in [-0.25, -0.2) is 0 Å². The van der Waals surface area contributed by atoms with Crippen LogP contribution in [-0.4, -0.2) is 11.1 Å². The Bertz CT molecular complexity index is 412. The lowest BCUT2D eigenvalue weighted by molar-refractivity contribution is 0.281. The van der Waals surface area contributed by atoms with E-state index in [4.69, 9.17) is 0 Å². The minimum atomic E-state index is 0.103. The largest absolute Gasteiger partial charge is 0.303 e. The Kier molecular flexibility index (Phi) is 3.13. The minimum Gasteiger partial charge on any atom is -0.303 e. The van der Waals surface area contributed by atoms with E-state index < -0.39 is 0 Å². The maximum absolute atomic E-state index is 3.67. The average Bonchev–Trinajstić information content (AvgIpc) is 2.13. The molecule has 92 valence electrons. The molecular formula is C16H23N. The van der Waals surface area contributed by atoms with E-state index in [0.717, 1.165) is 12.8 Å². The number of benzene rings is 1. The summed E-state index contributed by atoms with van der Waals surface area (Å²) in [6.45, 7) is 9.07. The summed E-state index contributed by atoms with van der Waals surface area (Å²) >= 11 is 0. The first-order chi connectivity index (χ1) is 7.86. The molecule has 1 heterocycles. The molecule has 0 saturated heterocycles. The fraction of sp³-hybridized carbons (Fsp3) is 0.500. The first kappa shape index (κ1) is 12.4. The van der Waals surface area contributed by atoms with E-state index in [9.17, 15) is 0 Å². The molecule has 0 spiro atoms. The first-order valence-electron chi connectivity index (χ1n) is 6.40. The molecule has 0 aliphatic carbocycles. The normalized spacial score (nSPS) is 22.0. The van der Waals surface area contributed by atoms with Crippen molar-refractivity contribution in [3.63, 3.8) is 0 Å². The molecule has 0 atom stereocenters. The molecule has 0 amide bonds. The van der Waals surface area contributed by atoms with Gasteiger partial charge in [0.1, 0.15) is 0 Å². The SMILES string of the molecule is CC1(C)C=C(Cc2ccccc2)CC(C)(C)N1. The van der Waals surface area contributed by atoms with Crippen LogP contribution in [0.15, 0.2) is 42.0 Å². The van der Waals surface area contributed by atoms with Crippen LogP contribution in [0.2, 0.25) is 0 Å². The van der Waals surface area contributed by atoms with Gasteiger partial charge < -0.3 is 5.32 Å². The predicted molar refractivity (Wildman–Crippen MR) is 74.1 cm³/mol. The molecular weight excluding hydrogens is 206 g/mol. The lowest BCUT2D eigenvalue weighted by Gasteiger charge is -2.41. The van der Waals surface area contributed by atoms with Gasteiger partial charge in [-0.1, -0.05) is 42.0 Å². The van der Waals surface area contributed by atoms with Crippen molar-refractivity contribution >= 4 is 0 Å². The highest BCUT2D eigenvalue weighted by molar-refractivity contribution is 5.27. The molecule has 1 nitrogen and oxygen atoms in total. The van der Waals surface area contributed by atoms with Crippen LogP contribution < -0.4 is 5.32 Å². The van der Waals surface area contributed by atoms with Crippen LogP contribution in [-0.2, 0) is 6.42 Å². The van der Waals surface area contributed by atoms with E-state index in [2.05, 4.69) is 69.4 Å². The number of nitrogens with one attached hydrogen (secondary N) is 1. The van der Waals surface area contributed by atoms with E-state index >= 15 is 0 Å². The highest BCUT2D eigenvalue weighted by atomic mass is 15.0. The third-order valence-corrected chi connectivity index (χ3v) is 3.17. The Morgan fingerprint density at radius 3 is 2.29 bits per heavy atom. The zero-order valence-corrected chi connectivity index (χ0v) is 11.4. The summed E-state index contributed by atoms with van der Waals surface area (Å²) in [6.07, 6.45) is 4.60. The molecule has 0 bridgehead atoms. The summed E-state index contributed by atoms with van der Waals surface area (Å²) in [5.41, 5.74) is 3.26. The lowest BCUT2D eigenvalue weighted by atomic mass is 9.81. The van der Waals surface area contributed by atoms with Crippen LogP contribution in [0.25, 0.3) is 0 Å². The summed E-state index contributed by atoms with van der Waals surface area (Å²) < 4.78 is 0. The van der Waals surface area contributed by atoms with Gasteiger partial charge in [0, 0.05) is 11.1 Å². The Balaban J connectivity index is 2.19. The van der Waals surface area contributed by atoms with E-state index in [-0.39, 0.29) is 11.1 Å². The molecule has 0 unspecified atom stereocenters. The third kappa shape index (κ3) is 3.44.